The Labute approximate surface area is 463 Å². The molecule has 4 heterocycles. The zero-order chi connectivity index (χ0) is 54.8. The van der Waals surface area contributed by atoms with Crippen LogP contribution in [0.3, 0.4) is 0 Å². The summed E-state index contributed by atoms with van der Waals surface area (Å²) in [5.41, 5.74) is 1.17. The molecule has 0 spiro atoms. The number of likely N-dealkylation sites (N-methyl/N-ethyl adjacent to an activating group) is 1. The second-order valence-corrected chi connectivity index (χ2v) is 25.9. The second kappa shape index (κ2) is 29.9. The number of amides is 5. The number of hydrogen-bond donors (Lipinski definition) is 4. The van der Waals surface area contributed by atoms with Crippen LogP contribution in [0.2, 0.25) is 0 Å². The quantitative estimate of drug-likeness (QED) is 0.0549. The summed E-state index contributed by atoms with van der Waals surface area (Å²) >= 11 is 3.42. The molecule has 76 heavy (non-hydrogen) atoms. The fourth-order valence-corrected chi connectivity index (χ4v) is 14.7. The minimum absolute atomic E-state index is 0.0497. The van der Waals surface area contributed by atoms with Gasteiger partial charge in [0.1, 0.15) is 18.1 Å². The lowest BCUT2D eigenvalue weighted by molar-refractivity contribution is -0.144. The molecule has 0 aromatic heterocycles. The highest BCUT2D eigenvalue weighted by Gasteiger charge is 2.56. The molecule has 4 saturated heterocycles. The van der Waals surface area contributed by atoms with E-state index in [-0.39, 0.29) is 70.4 Å². The number of ether oxygens (including phenoxy) is 2. The number of nitrogens with zero attached hydrogens (tertiary/aromatic N) is 2. The van der Waals surface area contributed by atoms with Gasteiger partial charge in [0.05, 0.1) is 42.1 Å². The van der Waals surface area contributed by atoms with E-state index in [0.29, 0.717) is 52.1 Å². The molecule has 16 heteroatoms. The van der Waals surface area contributed by atoms with Crippen molar-refractivity contribution in [1.29, 1.82) is 0 Å². The molecule has 0 radical (unpaired) electrons. The number of benzene rings is 2. The number of hydrogen-bond acceptors (Lipinski definition) is 11. The summed E-state index contributed by atoms with van der Waals surface area (Å²) in [5.74, 6) is 0.367. The molecule has 2 aromatic carbocycles. The van der Waals surface area contributed by atoms with Crippen LogP contribution in [-0.2, 0) is 38.2 Å². The first kappa shape index (κ1) is 61.3. The van der Waals surface area contributed by atoms with Crippen LogP contribution in [0.4, 0.5) is 0 Å². The van der Waals surface area contributed by atoms with Crippen LogP contribution in [0.1, 0.15) is 174 Å². The normalized spacial score (nSPS) is 24.6. The van der Waals surface area contributed by atoms with E-state index in [9.17, 15) is 28.8 Å². The van der Waals surface area contributed by atoms with Gasteiger partial charge in [-0.05, 0) is 92.4 Å². The average molecular weight is 1090 g/mol. The van der Waals surface area contributed by atoms with Gasteiger partial charge in [0, 0.05) is 31.5 Å². The van der Waals surface area contributed by atoms with Crippen molar-refractivity contribution in [3.8, 4) is 0 Å². The lowest BCUT2D eigenvalue weighted by Gasteiger charge is -2.35. The number of rotatable bonds is 30. The smallest absolute Gasteiger partial charge is 0.246 e. The van der Waals surface area contributed by atoms with E-state index in [2.05, 4.69) is 61.1 Å². The molecule has 14 nitrogen and oxygen atoms in total. The number of carbonyl (C=O) groups is 6. The van der Waals surface area contributed by atoms with Gasteiger partial charge in [0.2, 0.25) is 29.5 Å². The predicted molar refractivity (Wildman–Crippen MR) is 306 cm³/mol. The van der Waals surface area contributed by atoms with Crippen molar-refractivity contribution in [3.63, 3.8) is 0 Å². The first-order valence-corrected chi connectivity index (χ1v) is 30.8. The SMILES string of the molecule is CC[C@@H](C)C(=O)N[C@H]1CCS[C@H]2CC(C)(C)[C@@H](C(=O)N[C@H](COCCCCCCCCCCCCOC[C@@H](CC(=O)C3N4C(=O)[C@@H](NC(=O)[C@H](C)NC)CCS[C@H]4CC3(C)C)c3ccccc3)c3ccccc3)N2C1=O. The number of unbranched alkanes of at least 4 members (excludes halogenated alkanes) is 9. The maximum atomic E-state index is 14.4. The monoisotopic (exact) mass is 1090 g/mol. The summed E-state index contributed by atoms with van der Waals surface area (Å²) in [6, 6.07) is 16.7. The van der Waals surface area contributed by atoms with Crippen molar-refractivity contribution in [2.45, 2.75) is 204 Å². The van der Waals surface area contributed by atoms with Gasteiger partial charge in [-0.25, -0.2) is 0 Å². The first-order chi connectivity index (χ1) is 36.5. The minimum Gasteiger partial charge on any atom is -0.381 e. The molecule has 4 aliphatic rings. The second-order valence-electron chi connectivity index (χ2n) is 23.3. The van der Waals surface area contributed by atoms with Gasteiger partial charge in [-0.2, -0.15) is 0 Å². The number of ketones is 1. The minimum atomic E-state index is -0.669. The molecular formula is C60H92N6O8S2. The standard InChI is InChI=1S/C60H92N6O8S2/c1-9-41(2)54(68)62-46-30-34-76-51-38-60(6,7)53(66(51)58(46)72)56(70)64-48(44-28-22-19-23-29-44)40-74-33-25-17-15-13-11-10-12-14-16-24-32-73-39-45(43-26-20-18-21-27-43)36-49(67)52-59(4,5)37-50-65(52)57(71)47(31-35-75-50)63-55(69)42(3)61-8/h18-23,26-29,41-42,45-48,50-53,61H,9-17,24-25,30-40H2,1-8H3,(H,62,68)(H,63,69)(H,64,70)/t41-,42+,45-,46+,47+,48-,50+,51+,52?,53-/m1/s1. The summed E-state index contributed by atoms with van der Waals surface area (Å²) in [4.78, 5) is 86.3. The Morgan fingerprint density at radius 3 is 1.62 bits per heavy atom. The van der Waals surface area contributed by atoms with E-state index in [1.165, 1.54) is 25.7 Å². The molecular weight excluding hydrogens is 997 g/mol. The molecule has 4 fully saturated rings. The average Bonchev–Trinajstić information content (AvgIpc) is 3.73. The van der Waals surface area contributed by atoms with E-state index < -0.39 is 41.0 Å². The Morgan fingerprint density at radius 1 is 0.645 bits per heavy atom. The highest BCUT2D eigenvalue weighted by Crippen LogP contribution is 2.48. The Morgan fingerprint density at radius 2 is 1.11 bits per heavy atom. The van der Waals surface area contributed by atoms with E-state index in [1.807, 2.05) is 67.3 Å². The third-order valence-electron chi connectivity index (χ3n) is 16.3. The molecule has 6 rings (SSSR count). The van der Waals surface area contributed by atoms with Crippen molar-refractivity contribution in [2.75, 3.05) is 45.0 Å². The van der Waals surface area contributed by atoms with Crippen molar-refractivity contribution in [2.24, 2.45) is 16.7 Å². The lowest BCUT2D eigenvalue weighted by Crippen LogP contribution is -2.57. The molecule has 422 valence electrons. The first-order valence-electron chi connectivity index (χ1n) is 28.7. The van der Waals surface area contributed by atoms with Gasteiger partial charge in [0.25, 0.3) is 0 Å². The Hall–Kier alpha value is -3.96. The number of carbonyl (C=O) groups excluding carboxylic acids is 6. The summed E-state index contributed by atoms with van der Waals surface area (Å²) in [7, 11) is 1.72. The maximum absolute atomic E-state index is 14.4. The fraction of sp³-hybridized carbons (Fsp3) is 0.700. The van der Waals surface area contributed by atoms with Gasteiger partial charge >= 0.3 is 0 Å². The molecule has 5 amide bonds. The lowest BCUT2D eigenvalue weighted by atomic mass is 9.79. The summed E-state index contributed by atoms with van der Waals surface area (Å²) < 4.78 is 12.5. The van der Waals surface area contributed by atoms with Crippen molar-refractivity contribution in [1.82, 2.24) is 31.1 Å². The third-order valence-corrected chi connectivity index (χ3v) is 18.8. The zero-order valence-electron chi connectivity index (χ0n) is 47.1. The van der Waals surface area contributed by atoms with Crippen LogP contribution in [0, 0.1) is 16.7 Å². The number of fused-ring (bicyclic) bond motifs is 2. The molecule has 1 unspecified atom stereocenters. The van der Waals surface area contributed by atoms with E-state index >= 15 is 0 Å². The van der Waals surface area contributed by atoms with Gasteiger partial charge in [0.15, 0.2) is 5.78 Å². The zero-order valence-corrected chi connectivity index (χ0v) is 48.7. The van der Waals surface area contributed by atoms with E-state index in [1.54, 1.807) is 42.4 Å². The summed E-state index contributed by atoms with van der Waals surface area (Å²) in [5, 5.41) is 12.0. The van der Waals surface area contributed by atoms with Crippen LogP contribution in [0.25, 0.3) is 0 Å². The third kappa shape index (κ3) is 16.8. The highest BCUT2D eigenvalue weighted by molar-refractivity contribution is 8.00. The van der Waals surface area contributed by atoms with Crippen molar-refractivity contribution < 1.29 is 38.2 Å². The Balaban J connectivity index is 0.866. The number of Topliss-reactive ketones (excluding diaryl/α,β-unsaturated/α-hetero) is 1. The molecule has 0 saturated carbocycles. The largest absolute Gasteiger partial charge is 0.381 e. The molecule has 4 N–H and O–H groups in total. The molecule has 0 bridgehead atoms. The van der Waals surface area contributed by atoms with Gasteiger partial charge in [-0.1, -0.05) is 154 Å². The van der Waals surface area contributed by atoms with Crippen LogP contribution < -0.4 is 21.3 Å². The highest BCUT2D eigenvalue weighted by atomic mass is 32.2. The number of nitrogens with one attached hydrogen (secondary N) is 4. The van der Waals surface area contributed by atoms with E-state index in [4.69, 9.17) is 9.47 Å². The van der Waals surface area contributed by atoms with Crippen molar-refractivity contribution in [3.05, 3.63) is 71.8 Å². The summed E-state index contributed by atoms with van der Waals surface area (Å²) in [6.45, 7) is 16.0. The van der Waals surface area contributed by atoms with Gasteiger partial charge < -0.3 is 40.5 Å². The molecule has 4 aliphatic heterocycles. The number of thioether (sulfide) groups is 2. The molecule has 2 aromatic rings. The predicted octanol–water partition coefficient (Wildman–Crippen LogP) is 9.32. The van der Waals surface area contributed by atoms with Crippen LogP contribution >= 0.6 is 23.5 Å². The van der Waals surface area contributed by atoms with Crippen LogP contribution in [0.15, 0.2) is 60.7 Å². The Bertz CT molecular complexity index is 2030. The summed E-state index contributed by atoms with van der Waals surface area (Å²) in [6.07, 6.45) is 14.7. The topological polar surface area (TPSA) is 175 Å². The van der Waals surface area contributed by atoms with Crippen molar-refractivity contribution >= 4 is 58.8 Å². The van der Waals surface area contributed by atoms with E-state index in [0.717, 1.165) is 67.6 Å². The molecule has 0 aliphatic carbocycles. The van der Waals surface area contributed by atoms with Crippen LogP contribution in [0.5, 0.6) is 0 Å². The van der Waals surface area contributed by atoms with Gasteiger partial charge in [-0.3, -0.25) is 28.8 Å². The molecule has 10 atom stereocenters. The van der Waals surface area contributed by atoms with Gasteiger partial charge in [-0.15, -0.1) is 23.5 Å². The maximum Gasteiger partial charge on any atom is 0.246 e. The Kier molecular flexibility index (Phi) is 24.1. The van der Waals surface area contributed by atoms with Crippen LogP contribution in [-0.4, -0.2) is 131 Å². The fourth-order valence-electron chi connectivity index (χ4n) is 11.5.